The quantitative estimate of drug-likeness (QED) is 0.315. The Kier molecular flexibility index (Phi) is 6.83. The summed E-state index contributed by atoms with van der Waals surface area (Å²) >= 11 is 0. The van der Waals surface area contributed by atoms with E-state index in [1.165, 1.54) is 12.1 Å². The Balaban J connectivity index is 1.76. The molecule has 0 fully saturated rings. The molecule has 0 saturated heterocycles. The van der Waals surface area contributed by atoms with E-state index in [1.54, 1.807) is 44.7 Å². The fourth-order valence-corrected chi connectivity index (χ4v) is 2.72. The highest BCUT2D eigenvalue weighted by molar-refractivity contribution is 5.83. The molecule has 0 aromatic heterocycles. The number of nitrogens with one attached hydrogen (secondary N) is 1. The van der Waals surface area contributed by atoms with Crippen LogP contribution in [0.5, 0.6) is 17.2 Å². The van der Waals surface area contributed by atoms with E-state index in [9.17, 15) is 10.1 Å². The molecule has 3 rings (SSSR count). The Hall–Kier alpha value is -4.07. The van der Waals surface area contributed by atoms with Crippen LogP contribution >= 0.6 is 0 Å². The predicted molar refractivity (Wildman–Crippen MR) is 115 cm³/mol. The van der Waals surface area contributed by atoms with Crippen LogP contribution in [0.25, 0.3) is 0 Å². The first-order valence-electron chi connectivity index (χ1n) is 9.07. The van der Waals surface area contributed by atoms with Gasteiger partial charge in [-0.05, 0) is 23.8 Å². The molecule has 0 unspecified atom stereocenters. The second kappa shape index (κ2) is 9.92. The van der Waals surface area contributed by atoms with Gasteiger partial charge in [0, 0.05) is 17.7 Å². The molecule has 154 valence electrons. The Morgan fingerprint density at radius 2 is 1.70 bits per heavy atom. The average molecular weight is 407 g/mol. The van der Waals surface area contributed by atoms with E-state index < -0.39 is 4.92 Å². The van der Waals surface area contributed by atoms with E-state index in [4.69, 9.17) is 14.2 Å². The first-order valence-corrected chi connectivity index (χ1v) is 9.07. The van der Waals surface area contributed by atoms with Gasteiger partial charge in [-0.1, -0.05) is 36.4 Å². The molecule has 0 amide bonds. The molecular weight excluding hydrogens is 386 g/mol. The SMILES string of the molecule is COc1cc(C=NNc2cccc([N+](=O)[O-])c2)cc(OC)c1OCc1ccccc1. The Morgan fingerprint density at radius 3 is 2.33 bits per heavy atom. The molecule has 0 bridgehead atoms. The van der Waals surface area contributed by atoms with Crippen molar-refractivity contribution in [3.8, 4) is 17.2 Å². The van der Waals surface area contributed by atoms with Gasteiger partial charge >= 0.3 is 0 Å². The molecule has 3 aromatic rings. The molecule has 0 aliphatic rings. The lowest BCUT2D eigenvalue weighted by atomic mass is 10.2. The second-order valence-electron chi connectivity index (χ2n) is 6.21. The van der Waals surface area contributed by atoms with Crippen molar-refractivity contribution < 1.29 is 19.1 Å². The number of nitro groups is 1. The van der Waals surface area contributed by atoms with E-state index in [1.807, 2.05) is 30.3 Å². The molecule has 30 heavy (non-hydrogen) atoms. The summed E-state index contributed by atoms with van der Waals surface area (Å²) in [6.07, 6.45) is 1.56. The second-order valence-corrected chi connectivity index (χ2v) is 6.21. The van der Waals surface area contributed by atoms with Crippen LogP contribution in [-0.4, -0.2) is 25.4 Å². The number of hydrazone groups is 1. The summed E-state index contributed by atoms with van der Waals surface area (Å²) < 4.78 is 16.8. The van der Waals surface area contributed by atoms with Crippen molar-refractivity contribution in [2.75, 3.05) is 19.6 Å². The third kappa shape index (κ3) is 5.26. The summed E-state index contributed by atoms with van der Waals surface area (Å²) in [6, 6.07) is 19.4. The maximum absolute atomic E-state index is 10.9. The van der Waals surface area contributed by atoms with Crippen molar-refractivity contribution in [2.24, 2.45) is 5.10 Å². The fraction of sp³-hybridized carbons (Fsp3) is 0.136. The highest BCUT2D eigenvalue weighted by Gasteiger charge is 2.14. The Labute approximate surface area is 173 Å². The Morgan fingerprint density at radius 1 is 1.00 bits per heavy atom. The van der Waals surface area contributed by atoms with Gasteiger partial charge in [-0.3, -0.25) is 15.5 Å². The fourth-order valence-electron chi connectivity index (χ4n) is 2.72. The van der Waals surface area contributed by atoms with Gasteiger partial charge in [0.05, 0.1) is 31.0 Å². The number of hydrogen-bond donors (Lipinski definition) is 1. The van der Waals surface area contributed by atoms with E-state index >= 15 is 0 Å². The average Bonchev–Trinajstić information content (AvgIpc) is 2.78. The van der Waals surface area contributed by atoms with Gasteiger partial charge in [-0.25, -0.2) is 0 Å². The molecule has 8 nitrogen and oxygen atoms in total. The van der Waals surface area contributed by atoms with Crippen LogP contribution in [0.4, 0.5) is 11.4 Å². The molecule has 1 N–H and O–H groups in total. The summed E-state index contributed by atoms with van der Waals surface area (Å²) in [5.74, 6) is 1.50. The third-order valence-electron chi connectivity index (χ3n) is 4.17. The van der Waals surface area contributed by atoms with Gasteiger partial charge < -0.3 is 14.2 Å². The van der Waals surface area contributed by atoms with E-state index in [-0.39, 0.29) is 5.69 Å². The van der Waals surface area contributed by atoms with Gasteiger partial charge in [0.25, 0.3) is 5.69 Å². The molecule has 0 radical (unpaired) electrons. The predicted octanol–water partition coefficient (Wildman–Crippen LogP) is 4.64. The van der Waals surface area contributed by atoms with Crippen LogP contribution in [0.15, 0.2) is 71.8 Å². The minimum atomic E-state index is -0.460. The standard InChI is InChI=1S/C22H21N3O5/c1-28-20-11-17(14-23-24-18-9-6-10-19(13-18)25(26)27)12-21(29-2)22(20)30-15-16-7-4-3-5-8-16/h3-14,24H,15H2,1-2H3. The van der Waals surface area contributed by atoms with Crippen molar-refractivity contribution >= 4 is 17.6 Å². The third-order valence-corrected chi connectivity index (χ3v) is 4.17. The number of methoxy groups -OCH3 is 2. The molecule has 0 saturated carbocycles. The van der Waals surface area contributed by atoms with Crippen molar-refractivity contribution in [3.05, 3.63) is 88.0 Å². The Bertz CT molecular complexity index is 1010. The number of non-ortho nitro benzene ring substituents is 1. The van der Waals surface area contributed by atoms with Gasteiger partial charge in [-0.15, -0.1) is 0 Å². The van der Waals surface area contributed by atoms with E-state index in [0.717, 1.165) is 5.56 Å². The molecule has 8 heteroatoms. The monoisotopic (exact) mass is 407 g/mol. The number of ether oxygens (including phenoxy) is 3. The van der Waals surface area contributed by atoms with Crippen LogP contribution in [0.3, 0.4) is 0 Å². The number of benzene rings is 3. The highest BCUT2D eigenvalue weighted by Crippen LogP contribution is 2.38. The summed E-state index contributed by atoms with van der Waals surface area (Å²) in [6.45, 7) is 0.370. The zero-order chi connectivity index (χ0) is 21.3. The smallest absolute Gasteiger partial charge is 0.271 e. The highest BCUT2D eigenvalue weighted by atomic mass is 16.6. The molecule has 0 atom stereocenters. The van der Waals surface area contributed by atoms with Crippen LogP contribution in [0, 0.1) is 10.1 Å². The topological polar surface area (TPSA) is 95.2 Å². The number of nitro benzene ring substituents is 1. The molecular formula is C22H21N3O5. The normalized spacial score (nSPS) is 10.6. The van der Waals surface area contributed by atoms with E-state index in [2.05, 4.69) is 10.5 Å². The van der Waals surface area contributed by atoms with Crippen molar-refractivity contribution in [2.45, 2.75) is 6.61 Å². The molecule has 3 aromatic carbocycles. The van der Waals surface area contributed by atoms with Crippen molar-refractivity contribution in [1.29, 1.82) is 0 Å². The number of rotatable bonds is 9. The van der Waals surface area contributed by atoms with Gasteiger partial charge in [0.2, 0.25) is 5.75 Å². The lowest BCUT2D eigenvalue weighted by Gasteiger charge is -2.15. The molecule has 0 heterocycles. The summed E-state index contributed by atoms with van der Waals surface area (Å²) in [5, 5.41) is 15.0. The molecule has 0 aliphatic carbocycles. The zero-order valence-electron chi connectivity index (χ0n) is 16.6. The first-order chi connectivity index (χ1) is 14.6. The summed E-state index contributed by atoms with van der Waals surface area (Å²) in [7, 11) is 3.10. The number of anilines is 1. The van der Waals surface area contributed by atoms with Gasteiger partial charge in [0.1, 0.15) is 6.61 Å². The lowest BCUT2D eigenvalue weighted by molar-refractivity contribution is -0.384. The van der Waals surface area contributed by atoms with Crippen molar-refractivity contribution in [3.63, 3.8) is 0 Å². The van der Waals surface area contributed by atoms with Crippen LogP contribution < -0.4 is 19.6 Å². The van der Waals surface area contributed by atoms with Gasteiger partial charge in [-0.2, -0.15) is 5.10 Å². The zero-order valence-corrected chi connectivity index (χ0v) is 16.6. The van der Waals surface area contributed by atoms with Crippen LogP contribution in [0.2, 0.25) is 0 Å². The van der Waals surface area contributed by atoms with Crippen LogP contribution in [0.1, 0.15) is 11.1 Å². The van der Waals surface area contributed by atoms with Crippen LogP contribution in [-0.2, 0) is 6.61 Å². The maximum atomic E-state index is 10.9. The lowest BCUT2D eigenvalue weighted by Crippen LogP contribution is -2.01. The minimum absolute atomic E-state index is 0.0153. The van der Waals surface area contributed by atoms with E-state index in [0.29, 0.717) is 35.1 Å². The molecule has 0 spiro atoms. The first kappa shape index (κ1) is 20.7. The van der Waals surface area contributed by atoms with Crippen molar-refractivity contribution in [1.82, 2.24) is 0 Å². The maximum Gasteiger partial charge on any atom is 0.271 e. The largest absolute Gasteiger partial charge is 0.493 e. The summed E-state index contributed by atoms with van der Waals surface area (Å²) in [5.41, 5.74) is 4.99. The number of hydrogen-bond acceptors (Lipinski definition) is 7. The minimum Gasteiger partial charge on any atom is -0.493 e. The summed E-state index contributed by atoms with van der Waals surface area (Å²) in [4.78, 5) is 10.4. The van der Waals surface area contributed by atoms with Gasteiger partial charge in [0.15, 0.2) is 11.5 Å². The molecule has 0 aliphatic heterocycles. The number of nitrogens with zero attached hydrogens (tertiary/aromatic N) is 2.